The van der Waals surface area contributed by atoms with Gasteiger partial charge in [0.05, 0.1) is 22.0 Å². The van der Waals surface area contributed by atoms with Gasteiger partial charge in [0.25, 0.3) is 11.7 Å². The van der Waals surface area contributed by atoms with Crippen LogP contribution in [-0.4, -0.2) is 23.8 Å². The van der Waals surface area contributed by atoms with Gasteiger partial charge in [0.2, 0.25) is 0 Å². The van der Waals surface area contributed by atoms with Crippen molar-refractivity contribution in [3.05, 3.63) is 35.4 Å². The first-order valence-electron chi connectivity index (χ1n) is 6.33. The van der Waals surface area contributed by atoms with Crippen molar-refractivity contribution >= 4 is 34.7 Å². The highest BCUT2D eigenvalue weighted by Gasteiger charge is 2.31. The third kappa shape index (κ3) is 2.43. The molecule has 4 nitrogen and oxygen atoms in total. The molecule has 20 heavy (non-hydrogen) atoms. The highest BCUT2D eigenvalue weighted by Crippen LogP contribution is 2.37. The summed E-state index contributed by atoms with van der Waals surface area (Å²) < 4.78 is 0. The Morgan fingerprint density at radius 3 is 2.55 bits per heavy atom. The van der Waals surface area contributed by atoms with Gasteiger partial charge >= 0.3 is 0 Å². The van der Waals surface area contributed by atoms with E-state index in [0.29, 0.717) is 22.8 Å². The number of halogens is 1. The number of benzene rings is 1. The molecule has 1 heterocycles. The minimum atomic E-state index is -0.612. The number of carbonyl (C=O) groups is 2. The molecule has 1 aromatic carbocycles. The largest absolute Gasteiger partial charge is 0.362 e. The molecule has 1 aliphatic heterocycles. The first-order valence-corrected chi connectivity index (χ1v) is 6.71. The molecule has 0 aromatic heterocycles. The van der Waals surface area contributed by atoms with Crippen molar-refractivity contribution in [3.63, 3.8) is 0 Å². The SMILES string of the molecule is C=CCN(c1cc2c(cc1Cl)C(=O)C(=O)N2)C(C)(C)C. The number of anilines is 2. The fourth-order valence-electron chi connectivity index (χ4n) is 2.22. The van der Waals surface area contributed by atoms with Crippen LogP contribution in [-0.2, 0) is 4.79 Å². The van der Waals surface area contributed by atoms with Gasteiger partial charge < -0.3 is 10.2 Å². The normalized spacial score (nSPS) is 14.0. The third-order valence-electron chi connectivity index (χ3n) is 3.20. The van der Waals surface area contributed by atoms with Crippen LogP contribution in [0.5, 0.6) is 0 Å². The highest BCUT2D eigenvalue weighted by molar-refractivity contribution is 6.52. The fraction of sp³-hybridized carbons (Fsp3) is 0.333. The van der Waals surface area contributed by atoms with Gasteiger partial charge in [-0.3, -0.25) is 9.59 Å². The Balaban J connectivity index is 2.53. The molecule has 0 aliphatic carbocycles. The lowest BCUT2D eigenvalue weighted by atomic mass is 10.0. The van der Waals surface area contributed by atoms with Crippen molar-refractivity contribution in [2.24, 2.45) is 0 Å². The summed E-state index contributed by atoms with van der Waals surface area (Å²) in [5.41, 5.74) is 1.44. The Morgan fingerprint density at radius 2 is 2.00 bits per heavy atom. The number of ketones is 1. The van der Waals surface area contributed by atoms with Gasteiger partial charge in [-0.2, -0.15) is 0 Å². The van der Waals surface area contributed by atoms with Crippen LogP contribution in [0.3, 0.4) is 0 Å². The zero-order valence-corrected chi connectivity index (χ0v) is 12.5. The van der Waals surface area contributed by atoms with Crippen LogP contribution in [0.2, 0.25) is 5.02 Å². The first-order chi connectivity index (χ1) is 9.25. The molecule has 1 aliphatic rings. The van der Waals surface area contributed by atoms with E-state index in [0.717, 1.165) is 5.69 Å². The molecule has 0 radical (unpaired) electrons. The lowest BCUT2D eigenvalue weighted by molar-refractivity contribution is -0.112. The van der Waals surface area contributed by atoms with Crippen LogP contribution in [0.25, 0.3) is 0 Å². The van der Waals surface area contributed by atoms with Crippen LogP contribution in [0.1, 0.15) is 31.1 Å². The van der Waals surface area contributed by atoms with Crippen LogP contribution in [0.15, 0.2) is 24.8 Å². The Kier molecular flexibility index (Phi) is 3.61. The van der Waals surface area contributed by atoms with Gasteiger partial charge in [0.15, 0.2) is 0 Å². The molecule has 0 atom stereocenters. The molecule has 1 amide bonds. The topological polar surface area (TPSA) is 49.4 Å². The summed E-state index contributed by atoms with van der Waals surface area (Å²) in [5.74, 6) is -1.15. The second kappa shape index (κ2) is 4.94. The number of hydrogen-bond acceptors (Lipinski definition) is 3. The summed E-state index contributed by atoms with van der Waals surface area (Å²) >= 11 is 6.29. The van der Waals surface area contributed by atoms with Gasteiger partial charge in [0, 0.05) is 12.1 Å². The number of nitrogens with one attached hydrogen (secondary N) is 1. The maximum absolute atomic E-state index is 11.7. The Labute approximate surface area is 123 Å². The minimum absolute atomic E-state index is 0.168. The van der Waals surface area contributed by atoms with Gasteiger partial charge in [-0.1, -0.05) is 17.7 Å². The molecule has 1 N–H and O–H groups in total. The molecule has 0 unspecified atom stereocenters. The third-order valence-corrected chi connectivity index (χ3v) is 3.50. The van der Waals surface area contributed by atoms with E-state index in [9.17, 15) is 9.59 Å². The van der Waals surface area contributed by atoms with E-state index in [1.54, 1.807) is 18.2 Å². The average Bonchev–Trinajstić information content (AvgIpc) is 2.61. The molecule has 2 rings (SSSR count). The molecule has 0 saturated carbocycles. The highest BCUT2D eigenvalue weighted by atomic mass is 35.5. The summed E-state index contributed by atoms with van der Waals surface area (Å²) in [7, 11) is 0. The van der Waals surface area contributed by atoms with E-state index < -0.39 is 11.7 Å². The lowest BCUT2D eigenvalue weighted by Gasteiger charge is -2.37. The molecular weight excluding hydrogens is 276 g/mol. The number of fused-ring (bicyclic) bond motifs is 1. The van der Waals surface area contributed by atoms with Gasteiger partial charge in [-0.15, -0.1) is 6.58 Å². The number of Topliss-reactive ketones (excluding diaryl/α,β-unsaturated/α-hetero) is 1. The lowest BCUT2D eigenvalue weighted by Crippen LogP contribution is -2.41. The number of rotatable bonds is 3. The number of amides is 1. The van der Waals surface area contributed by atoms with E-state index in [1.807, 2.05) is 0 Å². The quantitative estimate of drug-likeness (QED) is 0.687. The summed E-state index contributed by atoms with van der Waals surface area (Å²) in [6, 6.07) is 3.30. The van der Waals surface area contributed by atoms with E-state index in [2.05, 4.69) is 37.6 Å². The van der Waals surface area contributed by atoms with Crippen LogP contribution < -0.4 is 10.2 Å². The zero-order chi connectivity index (χ0) is 15.1. The van der Waals surface area contributed by atoms with Crippen molar-refractivity contribution in [1.29, 1.82) is 0 Å². The van der Waals surface area contributed by atoms with Gasteiger partial charge in [0.1, 0.15) is 0 Å². The molecular formula is C15H17ClN2O2. The predicted molar refractivity (Wildman–Crippen MR) is 81.7 cm³/mol. The van der Waals surface area contributed by atoms with Crippen molar-refractivity contribution in [1.82, 2.24) is 0 Å². The maximum atomic E-state index is 11.7. The van der Waals surface area contributed by atoms with Crippen LogP contribution in [0, 0.1) is 0 Å². The Hall–Kier alpha value is -1.81. The summed E-state index contributed by atoms with van der Waals surface area (Å²) in [6.45, 7) is 10.6. The van der Waals surface area contributed by atoms with Crippen molar-refractivity contribution in [3.8, 4) is 0 Å². The second-order valence-electron chi connectivity index (χ2n) is 5.70. The molecule has 0 saturated heterocycles. The van der Waals surface area contributed by atoms with E-state index in [-0.39, 0.29) is 5.54 Å². The smallest absolute Gasteiger partial charge is 0.296 e. The fourth-order valence-corrected chi connectivity index (χ4v) is 2.49. The van der Waals surface area contributed by atoms with Crippen molar-refractivity contribution in [2.75, 3.05) is 16.8 Å². The molecule has 0 fully saturated rings. The van der Waals surface area contributed by atoms with Gasteiger partial charge in [-0.25, -0.2) is 0 Å². The van der Waals surface area contributed by atoms with Crippen LogP contribution in [0.4, 0.5) is 11.4 Å². The molecule has 5 heteroatoms. The van der Waals surface area contributed by atoms with E-state index >= 15 is 0 Å². The number of nitrogens with zero attached hydrogens (tertiary/aromatic N) is 1. The second-order valence-corrected chi connectivity index (χ2v) is 6.11. The Morgan fingerprint density at radius 1 is 1.35 bits per heavy atom. The molecule has 0 bridgehead atoms. The zero-order valence-electron chi connectivity index (χ0n) is 11.8. The molecule has 1 aromatic rings. The first kappa shape index (κ1) is 14.6. The average molecular weight is 293 g/mol. The Bertz CT molecular complexity index is 603. The summed E-state index contributed by atoms with van der Waals surface area (Å²) in [5, 5.41) is 3.01. The van der Waals surface area contributed by atoms with Crippen LogP contribution >= 0.6 is 11.6 Å². The van der Waals surface area contributed by atoms with Crippen molar-refractivity contribution < 1.29 is 9.59 Å². The number of hydrogen-bond donors (Lipinski definition) is 1. The summed E-state index contributed by atoms with van der Waals surface area (Å²) in [4.78, 5) is 25.1. The minimum Gasteiger partial charge on any atom is -0.362 e. The number of carbonyl (C=O) groups excluding carboxylic acids is 2. The predicted octanol–water partition coefficient (Wildman–Crippen LogP) is 3.27. The van der Waals surface area contributed by atoms with E-state index in [1.165, 1.54) is 0 Å². The summed E-state index contributed by atoms with van der Waals surface area (Å²) in [6.07, 6.45) is 1.79. The molecule has 0 spiro atoms. The van der Waals surface area contributed by atoms with Gasteiger partial charge in [-0.05, 0) is 32.9 Å². The monoisotopic (exact) mass is 292 g/mol. The standard InChI is InChI=1S/C15H17ClN2O2/c1-5-6-18(15(2,3)4)12-8-11-9(7-10(12)16)13(19)14(20)17-11/h5,7-8H,1,6H2,2-4H3,(H,17,19,20). The molecule has 106 valence electrons. The maximum Gasteiger partial charge on any atom is 0.296 e. The van der Waals surface area contributed by atoms with Crippen molar-refractivity contribution in [2.45, 2.75) is 26.3 Å². The van der Waals surface area contributed by atoms with E-state index in [4.69, 9.17) is 11.6 Å².